The SMILES string of the molecule is CC(C)(C)N1CCC(n2cc([C@@H](Nc3cc(Cl)cc4c(Nc5ccsc5Cl)c(C#N)cnc34)c3ccccc3)nn2)CC1. The van der Waals surface area contributed by atoms with Gasteiger partial charge in [-0.05, 0) is 62.8 Å². The van der Waals surface area contributed by atoms with Gasteiger partial charge in [0.2, 0.25) is 0 Å². The highest BCUT2D eigenvalue weighted by Gasteiger charge is 2.29. The minimum atomic E-state index is -0.313. The molecule has 0 radical (unpaired) electrons. The lowest BCUT2D eigenvalue weighted by Gasteiger charge is -2.40. The van der Waals surface area contributed by atoms with E-state index in [1.807, 2.05) is 46.5 Å². The summed E-state index contributed by atoms with van der Waals surface area (Å²) in [4.78, 5) is 7.22. The van der Waals surface area contributed by atoms with Crippen LogP contribution < -0.4 is 10.6 Å². The Kier molecular flexibility index (Phi) is 8.29. The van der Waals surface area contributed by atoms with Crippen LogP contribution in [0.4, 0.5) is 17.1 Å². The lowest BCUT2D eigenvalue weighted by Crippen LogP contribution is -2.46. The van der Waals surface area contributed by atoms with Crippen LogP contribution >= 0.6 is 34.5 Å². The number of benzene rings is 2. The van der Waals surface area contributed by atoms with Crippen LogP contribution in [0.1, 0.15) is 62.5 Å². The Morgan fingerprint density at radius 3 is 2.51 bits per heavy atom. The molecule has 4 heterocycles. The minimum Gasteiger partial charge on any atom is -0.371 e. The van der Waals surface area contributed by atoms with Gasteiger partial charge in [-0.25, -0.2) is 4.68 Å². The molecule has 3 aromatic heterocycles. The summed E-state index contributed by atoms with van der Waals surface area (Å²) in [5, 5.41) is 29.2. The highest BCUT2D eigenvalue weighted by Crippen LogP contribution is 2.39. The smallest absolute Gasteiger partial charge is 0.116 e. The number of fused-ring (bicyclic) bond motifs is 1. The normalized spacial score (nSPS) is 15.3. The molecular formula is C32H32Cl2N8S. The van der Waals surface area contributed by atoms with E-state index in [1.54, 1.807) is 6.20 Å². The summed E-state index contributed by atoms with van der Waals surface area (Å²) < 4.78 is 2.62. The number of pyridine rings is 1. The van der Waals surface area contributed by atoms with E-state index in [0.29, 0.717) is 43.2 Å². The van der Waals surface area contributed by atoms with Gasteiger partial charge in [0, 0.05) is 35.2 Å². The number of nitrogens with one attached hydrogen (secondary N) is 2. The van der Waals surface area contributed by atoms with Crippen molar-refractivity contribution in [1.82, 2.24) is 24.9 Å². The second-order valence-corrected chi connectivity index (χ2v) is 13.7. The van der Waals surface area contributed by atoms with Crippen LogP contribution in [0.25, 0.3) is 10.9 Å². The molecule has 43 heavy (non-hydrogen) atoms. The number of thiophene rings is 1. The van der Waals surface area contributed by atoms with Crippen molar-refractivity contribution in [3.8, 4) is 6.07 Å². The van der Waals surface area contributed by atoms with E-state index in [0.717, 1.165) is 42.9 Å². The molecule has 1 aliphatic rings. The topological polar surface area (TPSA) is 94.7 Å². The largest absolute Gasteiger partial charge is 0.371 e. The van der Waals surface area contributed by atoms with E-state index in [9.17, 15) is 5.26 Å². The first-order valence-electron chi connectivity index (χ1n) is 14.2. The average molecular weight is 632 g/mol. The van der Waals surface area contributed by atoms with Crippen LogP contribution in [-0.2, 0) is 0 Å². The molecule has 220 valence electrons. The van der Waals surface area contributed by atoms with E-state index in [1.165, 1.54) is 11.3 Å². The molecule has 2 aromatic carbocycles. The maximum Gasteiger partial charge on any atom is 0.116 e. The minimum absolute atomic E-state index is 0.161. The van der Waals surface area contributed by atoms with E-state index in [2.05, 4.69) is 71.0 Å². The molecule has 1 aliphatic heterocycles. The van der Waals surface area contributed by atoms with E-state index < -0.39 is 0 Å². The van der Waals surface area contributed by atoms with Crippen molar-refractivity contribution in [3.05, 3.63) is 92.5 Å². The van der Waals surface area contributed by atoms with Crippen molar-refractivity contribution in [2.45, 2.75) is 51.2 Å². The van der Waals surface area contributed by atoms with Gasteiger partial charge in [-0.3, -0.25) is 9.88 Å². The molecule has 0 saturated carbocycles. The van der Waals surface area contributed by atoms with Crippen molar-refractivity contribution in [2.75, 3.05) is 23.7 Å². The number of aromatic nitrogens is 4. The number of hydrogen-bond donors (Lipinski definition) is 2. The Morgan fingerprint density at radius 2 is 1.84 bits per heavy atom. The lowest BCUT2D eigenvalue weighted by molar-refractivity contribution is 0.0866. The fourth-order valence-corrected chi connectivity index (χ4v) is 6.70. The fraction of sp³-hybridized carbons (Fsp3) is 0.312. The molecule has 11 heteroatoms. The summed E-state index contributed by atoms with van der Waals surface area (Å²) in [6.45, 7) is 8.86. The van der Waals surface area contributed by atoms with Gasteiger partial charge in [0.05, 0.1) is 46.4 Å². The molecular weight excluding hydrogens is 599 g/mol. The highest BCUT2D eigenvalue weighted by atomic mass is 35.5. The van der Waals surface area contributed by atoms with Crippen LogP contribution in [0.15, 0.2) is 66.3 Å². The summed E-state index contributed by atoms with van der Waals surface area (Å²) in [6.07, 6.45) is 5.68. The third-order valence-electron chi connectivity index (χ3n) is 7.98. The number of nitriles is 1. The summed E-state index contributed by atoms with van der Waals surface area (Å²) in [5.74, 6) is 0. The molecule has 1 saturated heterocycles. The second-order valence-electron chi connectivity index (χ2n) is 11.7. The molecule has 0 amide bonds. The number of halogens is 2. The molecule has 0 spiro atoms. The van der Waals surface area contributed by atoms with Crippen LogP contribution in [0.2, 0.25) is 9.36 Å². The standard InChI is InChI=1S/C32H32Cl2N8S/c1-32(2,3)41-12-9-23(10-13-41)42-19-27(39-40-42)29(20-7-5-4-6-8-20)38-26-16-22(33)15-24-28(21(17-35)18-36-30(24)26)37-25-11-14-43-31(25)34/h4-8,11,14-16,18-19,23,29,38H,9-10,12-13H2,1-3H3,(H,36,37)/t29-/m0/s1. The molecule has 1 atom stereocenters. The van der Waals surface area contributed by atoms with E-state index in [4.69, 9.17) is 28.2 Å². The quantitative estimate of drug-likeness (QED) is 0.186. The summed E-state index contributed by atoms with van der Waals surface area (Å²) >= 11 is 14.5. The van der Waals surface area contributed by atoms with Gasteiger partial charge in [-0.1, -0.05) is 58.7 Å². The van der Waals surface area contributed by atoms with Gasteiger partial charge < -0.3 is 10.6 Å². The van der Waals surface area contributed by atoms with Crippen LogP contribution in [-0.4, -0.2) is 43.5 Å². The molecule has 1 fully saturated rings. The van der Waals surface area contributed by atoms with Gasteiger partial charge in [-0.2, -0.15) is 5.26 Å². The van der Waals surface area contributed by atoms with Crippen LogP contribution in [0.5, 0.6) is 0 Å². The van der Waals surface area contributed by atoms with Gasteiger partial charge in [0.15, 0.2) is 0 Å². The lowest BCUT2D eigenvalue weighted by atomic mass is 9.98. The van der Waals surface area contributed by atoms with Crippen molar-refractivity contribution >= 4 is 62.5 Å². The van der Waals surface area contributed by atoms with Gasteiger partial charge in [-0.15, -0.1) is 16.4 Å². The summed E-state index contributed by atoms with van der Waals surface area (Å²) in [6, 6.07) is 17.9. The highest BCUT2D eigenvalue weighted by molar-refractivity contribution is 7.15. The molecule has 0 unspecified atom stereocenters. The molecule has 0 bridgehead atoms. The molecule has 6 rings (SSSR count). The third kappa shape index (κ3) is 6.20. The first-order valence-corrected chi connectivity index (χ1v) is 15.9. The maximum atomic E-state index is 9.89. The maximum absolute atomic E-state index is 9.89. The molecule has 5 aromatic rings. The zero-order chi connectivity index (χ0) is 30.1. The van der Waals surface area contributed by atoms with E-state index in [-0.39, 0.29) is 11.6 Å². The number of anilines is 3. The summed E-state index contributed by atoms with van der Waals surface area (Å²) in [7, 11) is 0. The van der Waals surface area contributed by atoms with Crippen LogP contribution in [0, 0.1) is 11.3 Å². The summed E-state index contributed by atoms with van der Waals surface area (Å²) in [5.41, 5.74) is 5.08. The van der Waals surface area contributed by atoms with Crippen LogP contribution in [0.3, 0.4) is 0 Å². The van der Waals surface area contributed by atoms with Crippen molar-refractivity contribution < 1.29 is 0 Å². The predicted octanol–water partition coefficient (Wildman–Crippen LogP) is 8.45. The number of hydrogen-bond acceptors (Lipinski definition) is 8. The Bertz CT molecular complexity index is 1780. The monoisotopic (exact) mass is 630 g/mol. The number of rotatable bonds is 7. The first kappa shape index (κ1) is 29.4. The predicted molar refractivity (Wildman–Crippen MR) is 176 cm³/mol. The van der Waals surface area contributed by atoms with Gasteiger partial charge in [0.25, 0.3) is 0 Å². The zero-order valence-corrected chi connectivity index (χ0v) is 26.5. The van der Waals surface area contributed by atoms with Crippen molar-refractivity contribution in [2.24, 2.45) is 0 Å². The second kappa shape index (κ2) is 12.1. The zero-order valence-electron chi connectivity index (χ0n) is 24.2. The Morgan fingerprint density at radius 1 is 1.07 bits per heavy atom. The molecule has 0 aliphatic carbocycles. The Balaban J connectivity index is 1.36. The van der Waals surface area contributed by atoms with Crippen molar-refractivity contribution in [1.29, 1.82) is 5.26 Å². The Labute approximate surface area is 265 Å². The van der Waals surface area contributed by atoms with E-state index >= 15 is 0 Å². The fourth-order valence-electron chi connectivity index (χ4n) is 5.64. The third-order valence-corrected chi connectivity index (χ3v) is 9.37. The number of likely N-dealkylation sites (tertiary alicyclic amines) is 1. The molecule has 8 nitrogen and oxygen atoms in total. The average Bonchev–Trinajstić information content (AvgIpc) is 3.65. The molecule has 2 N–H and O–H groups in total. The number of piperidine rings is 1. The Hall–Kier alpha value is -3.68. The first-order chi connectivity index (χ1) is 20.7. The van der Waals surface area contributed by atoms with Crippen molar-refractivity contribution in [3.63, 3.8) is 0 Å². The number of nitrogens with zero attached hydrogens (tertiary/aromatic N) is 6. The van der Waals surface area contributed by atoms with Gasteiger partial charge >= 0.3 is 0 Å². The van der Waals surface area contributed by atoms with Gasteiger partial charge in [0.1, 0.15) is 16.1 Å².